The van der Waals surface area contributed by atoms with E-state index in [9.17, 15) is 4.79 Å². The minimum absolute atomic E-state index is 0.141. The molecule has 0 aromatic carbocycles. The number of rotatable bonds is 5. The van der Waals surface area contributed by atoms with Crippen LogP contribution in [0.3, 0.4) is 0 Å². The predicted molar refractivity (Wildman–Crippen MR) is 101 cm³/mol. The first-order valence-corrected chi connectivity index (χ1v) is 9.66. The molecule has 0 aliphatic carbocycles. The van der Waals surface area contributed by atoms with E-state index in [1.165, 1.54) is 0 Å². The number of likely N-dealkylation sites (N-methyl/N-ethyl adjacent to an activating group) is 1. The fourth-order valence-electron chi connectivity index (χ4n) is 3.95. The first-order chi connectivity index (χ1) is 12.5. The quantitative estimate of drug-likeness (QED) is 0.790. The van der Waals surface area contributed by atoms with Gasteiger partial charge < -0.3 is 14.5 Å². The number of ether oxygens (including phenoxy) is 1. The fourth-order valence-corrected chi connectivity index (χ4v) is 3.95. The van der Waals surface area contributed by atoms with Crippen LogP contribution in [-0.4, -0.2) is 83.2 Å². The number of hydrogen-bond acceptors (Lipinski definition) is 6. The molecule has 2 aliphatic rings. The van der Waals surface area contributed by atoms with Crippen LogP contribution >= 0.6 is 0 Å². The van der Waals surface area contributed by atoms with Crippen LogP contribution in [-0.2, 0) is 9.53 Å². The molecule has 1 atom stereocenters. The van der Waals surface area contributed by atoms with Crippen molar-refractivity contribution in [3.05, 3.63) is 18.5 Å². The van der Waals surface area contributed by atoms with Gasteiger partial charge in [0.2, 0.25) is 11.9 Å². The fraction of sp³-hybridized carbons (Fsp3) is 0.737. The average Bonchev–Trinajstić information content (AvgIpc) is 2.63. The summed E-state index contributed by atoms with van der Waals surface area (Å²) in [5, 5.41) is 0. The number of carbonyl (C=O) groups excluding carboxylic acids is 1. The van der Waals surface area contributed by atoms with E-state index in [0.717, 1.165) is 58.1 Å². The first-order valence-electron chi connectivity index (χ1n) is 9.66. The summed E-state index contributed by atoms with van der Waals surface area (Å²) in [6, 6.07) is 2.12. The van der Waals surface area contributed by atoms with Gasteiger partial charge in [0.25, 0.3) is 0 Å². The third kappa shape index (κ3) is 4.71. The van der Waals surface area contributed by atoms with Gasteiger partial charge in [-0.25, -0.2) is 9.97 Å². The number of amides is 1. The van der Waals surface area contributed by atoms with Crippen LogP contribution in [0.4, 0.5) is 5.95 Å². The van der Waals surface area contributed by atoms with Gasteiger partial charge in [-0.3, -0.25) is 9.69 Å². The van der Waals surface area contributed by atoms with Gasteiger partial charge >= 0.3 is 0 Å². The maximum Gasteiger partial charge on any atom is 0.236 e. The summed E-state index contributed by atoms with van der Waals surface area (Å²) in [6.45, 7) is 11.7. The summed E-state index contributed by atoms with van der Waals surface area (Å²) in [6.07, 6.45) is 5.38. The van der Waals surface area contributed by atoms with Crippen LogP contribution < -0.4 is 4.90 Å². The Morgan fingerprint density at radius 2 is 1.96 bits per heavy atom. The minimum Gasteiger partial charge on any atom is -0.375 e. The molecule has 144 valence electrons. The predicted octanol–water partition coefficient (Wildman–Crippen LogP) is 1.40. The van der Waals surface area contributed by atoms with Crippen molar-refractivity contribution in [1.29, 1.82) is 0 Å². The highest BCUT2D eigenvalue weighted by molar-refractivity contribution is 5.78. The lowest BCUT2D eigenvalue weighted by molar-refractivity contribution is -0.141. The Morgan fingerprint density at radius 1 is 1.27 bits per heavy atom. The molecular formula is C19H31N5O2. The molecular weight excluding hydrogens is 330 g/mol. The van der Waals surface area contributed by atoms with E-state index in [4.69, 9.17) is 4.74 Å². The van der Waals surface area contributed by atoms with Crippen LogP contribution in [0.25, 0.3) is 0 Å². The molecule has 2 saturated heterocycles. The number of piperazine rings is 1. The van der Waals surface area contributed by atoms with Gasteiger partial charge in [-0.05, 0) is 39.7 Å². The Hall–Kier alpha value is -1.73. The molecule has 1 aromatic rings. The Morgan fingerprint density at radius 3 is 2.58 bits per heavy atom. The number of nitrogens with zero attached hydrogens (tertiary/aromatic N) is 5. The number of anilines is 1. The molecule has 7 heteroatoms. The second-order valence-electron chi connectivity index (χ2n) is 7.75. The van der Waals surface area contributed by atoms with E-state index in [1.54, 1.807) is 12.4 Å². The van der Waals surface area contributed by atoms with E-state index >= 15 is 0 Å². The maximum atomic E-state index is 12.9. The Bertz CT molecular complexity index is 587. The van der Waals surface area contributed by atoms with Gasteiger partial charge in [-0.2, -0.15) is 0 Å². The van der Waals surface area contributed by atoms with Gasteiger partial charge in [0, 0.05) is 57.8 Å². The smallest absolute Gasteiger partial charge is 0.236 e. The maximum absolute atomic E-state index is 12.9. The molecule has 3 heterocycles. The Labute approximate surface area is 156 Å². The number of carbonyl (C=O) groups is 1. The Balaban J connectivity index is 1.51. The van der Waals surface area contributed by atoms with Crippen LogP contribution in [0, 0.1) is 0 Å². The van der Waals surface area contributed by atoms with E-state index < -0.39 is 0 Å². The summed E-state index contributed by atoms with van der Waals surface area (Å²) >= 11 is 0. The summed E-state index contributed by atoms with van der Waals surface area (Å²) in [4.78, 5) is 28.0. The monoisotopic (exact) mass is 361 g/mol. The second-order valence-corrected chi connectivity index (χ2v) is 7.75. The van der Waals surface area contributed by atoms with E-state index in [-0.39, 0.29) is 17.6 Å². The molecule has 0 spiro atoms. The Kier molecular flexibility index (Phi) is 6.09. The van der Waals surface area contributed by atoms with Crippen molar-refractivity contribution in [2.45, 2.75) is 45.3 Å². The third-order valence-electron chi connectivity index (χ3n) is 5.34. The summed E-state index contributed by atoms with van der Waals surface area (Å²) < 4.78 is 5.81. The zero-order valence-electron chi connectivity index (χ0n) is 16.2. The van der Waals surface area contributed by atoms with Crippen molar-refractivity contribution >= 4 is 11.9 Å². The standard InChI is InChI=1S/C19H31N5O2/c1-4-24(16-6-13-26-19(2,3)14-16)17(25)15-22-9-11-23(12-10-22)18-20-7-5-8-21-18/h5,7-8,16H,4,6,9-15H2,1-3H3. The SMILES string of the molecule is CCN(C(=O)CN1CCN(c2ncccn2)CC1)C1CCOC(C)(C)C1. The van der Waals surface area contributed by atoms with Crippen molar-refractivity contribution in [1.82, 2.24) is 19.8 Å². The van der Waals surface area contributed by atoms with Crippen LogP contribution in [0.5, 0.6) is 0 Å². The van der Waals surface area contributed by atoms with E-state index in [1.807, 2.05) is 6.07 Å². The molecule has 2 fully saturated rings. The van der Waals surface area contributed by atoms with Crippen molar-refractivity contribution in [2.75, 3.05) is 50.8 Å². The molecule has 0 N–H and O–H groups in total. The topological polar surface area (TPSA) is 61.8 Å². The lowest BCUT2D eigenvalue weighted by Gasteiger charge is -2.42. The van der Waals surface area contributed by atoms with Gasteiger partial charge in [0.05, 0.1) is 12.1 Å². The van der Waals surface area contributed by atoms with Gasteiger partial charge in [-0.1, -0.05) is 0 Å². The minimum atomic E-state index is -0.141. The molecule has 0 radical (unpaired) electrons. The molecule has 1 aromatic heterocycles. The lowest BCUT2D eigenvalue weighted by Crippen LogP contribution is -2.53. The summed E-state index contributed by atoms with van der Waals surface area (Å²) in [7, 11) is 0. The highest BCUT2D eigenvalue weighted by Crippen LogP contribution is 2.27. The van der Waals surface area contributed by atoms with Gasteiger partial charge in [-0.15, -0.1) is 0 Å². The second kappa shape index (κ2) is 8.31. The number of hydrogen-bond donors (Lipinski definition) is 0. The first kappa shape index (κ1) is 19.0. The molecule has 7 nitrogen and oxygen atoms in total. The number of aromatic nitrogens is 2. The molecule has 26 heavy (non-hydrogen) atoms. The molecule has 0 saturated carbocycles. The lowest BCUT2D eigenvalue weighted by atomic mass is 9.92. The molecule has 1 unspecified atom stereocenters. The molecule has 0 bridgehead atoms. The van der Waals surface area contributed by atoms with Crippen molar-refractivity contribution < 1.29 is 9.53 Å². The third-order valence-corrected chi connectivity index (χ3v) is 5.34. The summed E-state index contributed by atoms with van der Waals surface area (Å²) in [5.74, 6) is 1.01. The van der Waals surface area contributed by atoms with Gasteiger partial charge in [0.1, 0.15) is 0 Å². The van der Waals surface area contributed by atoms with E-state index in [0.29, 0.717) is 6.54 Å². The highest BCUT2D eigenvalue weighted by atomic mass is 16.5. The highest BCUT2D eigenvalue weighted by Gasteiger charge is 2.34. The van der Waals surface area contributed by atoms with Crippen molar-refractivity contribution in [2.24, 2.45) is 0 Å². The van der Waals surface area contributed by atoms with E-state index in [2.05, 4.69) is 45.4 Å². The normalized spacial score (nSPS) is 23.7. The molecule has 2 aliphatic heterocycles. The molecule has 3 rings (SSSR count). The zero-order chi connectivity index (χ0) is 18.6. The largest absolute Gasteiger partial charge is 0.375 e. The average molecular weight is 361 g/mol. The van der Waals surface area contributed by atoms with Crippen LogP contribution in [0.2, 0.25) is 0 Å². The zero-order valence-corrected chi connectivity index (χ0v) is 16.2. The van der Waals surface area contributed by atoms with Crippen molar-refractivity contribution in [3.8, 4) is 0 Å². The van der Waals surface area contributed by atoms with Crippen molar-refractivity contribution in [3.63, 3.8) is 0 Å². The molecule has 1 amide bonds. The van der Waals surface area contributed by atoms with Crippen LogP contribution in [0.1, 0.15) is 33.6 Å². The summed E-state index contributed by atoms with van der Waals surface area (Å²) in [5.41, 5.74) is -0.141. The van der Waals surface area contributed by atoms with Crippen LogP contribution in [0.15, 0.2) is 18.5 Å². The van der Waals surface area contributed by atoms with Gasteiger partial charge in [0.15, 0.2) is 0 Å².